The lowest BCUT2D eigenvalue weighted by atomic mass is 10.1. The summed E-state index contributed by atoms with van der Waals surface area (Å²) in [4.78, 5) is 33.6. The van der Waals surface area contributed by atoms with E-state index in [-0.39, 0.29) is 30.4 Å². The first-order chi connectivity index (χ1) is 17.7. The summed E-state index contributed by atoms with van der Waals surface area (Å²) in [5.41, 5.74) is 0.879. The standard InChI is InChI=1S/C26H29ClN4O5S/c1-18(25(33)30(12-2-14-32)17-19-7-10-28-11-8-19)31-13-9-24(26(31)34)29-37(35,36)23-6-4-20-15-22(27)5-3-21(20)16-23/h3-8,10-11,15-16,18,24,29,32H,2,9,12-14,17H2,1H3/t18-,24-/m0/s1. The van der Waals surface area contributed by atoms with Crippen molar-refractivity contribution in [1.82, 2.24) is 19.5 Å². The van der Waals surface area contributed by atoms with E-state index in [0.717, 1.165) is 10.9 Å². The van der Waals surface area contributed by atoms with Crippen molar-refractivity contribution in [2.75, 3.05) is 19.7 Å². The molecule has 1 saturated heterocycles. The number of amides is 2. The van der Waals surface area contributed by atoms with Gasteiger partial charge in [0, 0.05) is 43.7 Å². The van der Waals surface area contributed by atoms with Crippen molar-refractivity contribution in [1.29, 1.82) is 0 Å². The van der Waals surface area contributed by atoms with E-state index in [0.29, 0.717) is 29.9 Å². The third kappa shape index (κ3) is 6.27. The van der Waals surface area contributed by atoms with Crippen molar-refractivity contribution < 1.29 is 23.1 Å². The van der Waals surface area contributed by atoms with E-state index in [4.69, 9.17) is 11.6 Å². The molecule has 11 heteroatoms. The maximum Gasteiger partial charge on any atom is 0.245 e. The molecule has 1 aliphatic rings. The van der Waals surface area contributed by atoms with Crippen LogP contribution >= 0.6 is 11.6 Å². The highest BCUT2D eigenvalue weighted by Crippen LogP contribution is 2.24. The number of pyridine rings is 1. The van der Waals surface area contributed by atoms with Crippen LogP contribution in [0.3, 0.4) is 0 Å². The number of halogens is 1. The first kappa shape index (κ1) is 27.0. The van der Waals surface area contributed by atoms with Crippen LogP contribution < -0.4 is 4.72 Å². The normalized spacial score (nSPS) is 16.8. The van der Waals surface area contributed by atoms with Crippen LogP contribution in [0.4, 0.5) is 0 Å². The van der Waals surface area contributed by atoms with Crippen molar-refractivity contribution in [3.63, 3.8) is 0 Å². The fraction of sp³-hybridized carbons (Fsp3) is 0.346. The number of fused-ring (bicyclic) bond motifs is 1. The molecule has 9 nitrogen and oxygen atoms in total. The summed E-state index contributed by atoms with van der Waals surface area (Å²) < 4.78 is 28.7. The molecule has 0 radical (unpaired) electrons. The van der Waals surface area contributed by atoms with Crippen LogP contribution in [-0.4, -0.2) is 71.9 Å². The second-order valence-corrected chi connectivity index (χ2v) is 11.2. The lowest BCUT2D eigenvalue weighted by Gasteiger charge is -2.30. The smallest absolute Gasteiger partial charge is 0.245 e. The van der Waals surface area contributed by atoms with Gasteiger partial charge in [0.25, 0.3) is 0 Å². The largest absolute Gasteiger partial charge is 0.396 e. The Labute approximate surface area is 221 Å². The Morgan fingerprint density at radius 3 is 2.62 bits per heavy atom. The zero-order chi connectivity index (χ0) is 26.6. The summed E-state index contributed by atoms with van der Waals surface area (Å²) >= 11 is 6.01. The number of aliphatic hydroxyl groups excluding tert-OH is 1. The quantitative estimate of drug-likeness (QED) is 0.405. The molecule has 2 amide bonds. The molecule has 0 aliphatic carbocycles. The van der Waals surface area contributed by atoms with Crippen molar-refractivity contribution in [3.8, 4) is 0 Å². The van der Waals surface area contributed by atoms with E-state index in [9.17, 15) is 23.1 Å². The van der Waals surface area contributed by atoms with E-state index >= 15 is 0 Å². The van der Waals surface area contributed by atoms with Gasteiger partial charge >= 0.3 is 0 Å². The number of likely N-dealkylation sites (tertiary alicyclic amines) is 1. The minimum absolute atomic E-state index is 0.0465. The number of rotatable bonds is 10. The van der Waals surface area contributed by atoms with Gasteiger partial charge in [-0.05, 0) is 72.5 Å². The molecule has 0 bridgehead atoms. The number of carbonyl (C=O) groups is 2. The molecule has 0 unspecified atom stereocenters. The van der Waals surface area contributed by atoms with Crippen LogP contribution in [0, 0.1) is 0 Å². The second kappa shape index (κ2) is 11.6. The van der Waals surface area contributed by atoms with Gasteiger partial charge in [0.2, 0.25) is 21.8 Å². The number of benzene rings is 2. The van der Waals surface area contributed by atoms with Crippen molar-refractivity contribution >= 4 is 44.2 Å². The summed E-state index contributed by atoms with van der Waals surface area (Å²) in [6.45, 7) is 2.47. The minimum Gasteiger partial charge on any atom is -0.396 e. The summed E-state index contributed by atoms with van der Waals surface area (Å²) in [6.07, 6.45) is 3.93. The monoisotopic (exact) mass is 544 g/mol. The number of nitrogens with one attached hydrogen (secondary N) is 1. The molecule has 0 spiro atoms. The Balaban J connectivity index is 1.45. The molecule has 37 heavy (non-hydrogen) atoms. The Morgan fingerprint density at radius 2 is 1.89 bits per heavy atom. The zero-order valence-corrected chi connectivity index (χ0v) is 22.0. The summed E-state index contributed by atoms with van der Waals surface area (Å²) in [6, 6.07) is 11.7. The van der Waals surface area contributed by atoms with Gasteiger partial charge in [-0.15, -0.1) is 0 Å². The molecule has 1 fully saturated rings. The first-order valence-corrected chi connectivity index (χ1v) is 13.9. The van der Waals surface area contributed by atoms with Crippen LogP contribution in [0.25, 0.3) is 10.8 Å². The average Bonchev–Trinajstić information content (AvgIpc) is 3.24. The summed E-state index contributed by atoms with van der Waals surface area (Å²) in [5, 5.41) is 11.3. The van der Waals surface area contributed by atoms with Gasteiger partial charge < -0.3 is 14.9 Å². The number of aliphatic hydroxyl groups is 1. The molecule has 2 N–H and O–H groups in total. The Kier molecular flexibility index (Phi) is 8.43. The van der Waals surface area contributed by atoms with Crippen LogP contribution in [0.5, 0.6) is 0 Å². The van der Waals surface area contributed by atoms with Gasteiger partial charge in [-0.25, -0.2) is 8.42 Å². The van der Waals surface area contributed by atoms with E-state index in [1.54, 1.807) is 60.6 Å². The highest BCUT2D eigenvalue weighted by atomic mass is 35.5. The number of hydrogen-bond donors (Lipinski definition) is 2. The van der Waals surface area contributed by atoms with Gasteiger partial charge in [-0.3, -0.25) is 14.6 Å². The van der Waals surface area contributed by atoms with E-state index < -0.39 is 28.0 Å². The van der Waals surface area contributed by atoms with Crippen molar-refractivity contribution in [3.05, 3.63) is 71.5 Å². The van der Waals surface area contributed by atoms with E-state index in [2.05, 4.69) is 9.71 Å². The molecule has 196 valence electrons. The van der Waals surface area contributed by atoms with Crippen molar-refractivity contribution in [2.24, 2.45) is 0 Å². The summed E-state index contributed by atoms with van der Waals surface area (Å²) in [7, 11) is -3.98. The molecule has 1 aromatic heterocycles. The third-order valence-corrected chi connectivity index (χ3v) is 8.17. The van der Waals surface area contributed by atoms with Crippen LogP contribution in [-0.2, 0) is 26.2 Å². The average molecular weight is 545 g/mol. The number of aromatic nitrogens is 1. The number of carbonyl (C=O) groups excluding carboxylic acids is 2. The van der Waals surface area contributed by atoms with E-state index in [1.807, 2.05) is 0 Å². The summed E-state index contributed by atoms with van der Waals surface area (Å²) in [5.74, 6) is -0.710. The number of sulfonamides is 1. The van der Waals surface area contributed by atoms with E-state index in [1.165, 1.54) is 17.0 Å². The lowest BCUT2D eigenvalue weighted by Crippen LogP contribution is -2.50. The molecule has 2 atom stereocenters. The topological polar surface area (TPSA) is 120 Å². The van der Waals surface area contributed by atoms with Gasteiger partial charge in [0.05, 0.1) is 4.90 Å². The zero-order valence-electron chi connectivity index (χ0n) is 20.4. The van der Waals surface area contributed by atoms with Crippen molar-refractivity contribution in [2.45, 2.75) is 43.3 Å². The molecular weight excluding hydrogens is 516 g/mol. The number of nitrogens with zero attached hydrogens (tertiary/aromatic N) is 3. The SMILES string of the molecule is C[C@@H](C(=O)N(CCCO)Cc1ccncc1)N1CC[C@H](NS(=O)(=O)c2ccc3cc(Cl)ccc3c2)C1=O. The predicted molar refractivity (Wildman–Crippen MR) is 140 cm³/mol. The Bertz CT molecular complexity index is 1390. The Hall–Kier alpha value is -3.05. The van der Waals surface area contributed by atoms with Crippen LogP contribution in [0.1, 0.15) is 25.3 Å². The molecule has 2 aromatic carbocycles. The third-order valence-electron chi connectivity index (χ3n) is 6.47. The molecule has 4 rings (SSSR count). The highest BCUT2D eigenvalue weighted by Gasteiger charge is 2.40. The van der Waals surface area contributed by atoms with Gasteiger partial charge in [0.1, 0.15) is 12.1 Å². The maximum atomic E-state index is 13.3. The van der Waals surface area contributed by atoms with Crippen LogP contribution in [0.2, 0.25) is 5.02 Å². The second-order valence-electron chi connectivity index (χ2n) is 9.02. The van der Waals surface area contributed by atoms with Gasteiger partial charge in [-0.1, -0.05) is 23.7 Å². The maximum absolute atomic E-state index is 13.3. The fourth-order valence-corrected chi connectivity index (χ4v) is 5.89. The van der Waals surface area contributed by atoms with Gasteiger partial charge in [0.15, 0.2) is 0 Å². The molecule has 3 aromatic rings. The lowest BCUT2D eigenvalue weighted by molar-refractivity contribution is -0.143. The number of hydrogen-bond acceptors (Lipinski definition) is 6. The minimum atomic E-state index is -3.98. The fourth-order valence-electron chi connectivity index (χ4n) is 4.45. The Morgan fingerprint density at radius 1 is 1.19 bits per heavy atom. The molecule has 0 saturated carbocycles. The van der Waals surface area contributed by atoms with Crippen LogP contribution in [0.15, 0.2) is 65.8 Å². The molecule has 1 aliphatic heterocycles. The first-order valence-electron chi connectivity index (χ1n) is 12.0. The van der Waals surface area contributed by atoms with Gasteiger partial charge in [-0.2, -0.15) is 4.72 Å². The molecule has 2 heterocycles. The predicted octanol–water partition coefficient (Wildman–Crippen LogP) is 2.57. The molecular formula is C26H29ClN4O5S. The highest BCUT2D eigenvalue weighted by molar-refractivity contribution is 7.89.